The number of fused-ring (bicyclic) bond motifs is 2. The highest BCUT2D eigenvalue weighted by molar-refractivity contribution is 7.20. The van der Waals surface area contributed by atoms with Gasteiger partial charge in [0, 0.05) is 33.9 Å². The highest BCUT2D eigenvalue weighted by atomic mass is 32.1. The van der Waals surface area contributed by atoms with Crippen LogP contribution in [0.4, 0.5) is 0 Å². The number of carbonyl (C=O) groups excluding carboxylic acids is 2. The molecule has 0 aliphatic heterocycles. The molecule has 0 saturated carbocycles. The number of H-pyrrole nitrogens is 1. The van der Waals surface area contributed by atoms with Gasteiger partial charge in [-0.05, 0) is 47.7 Å². The van der Waals surface area contributed by atoms with Crippen molar-refractivity contribution in [1.82, 2.24) is 15.8 Å². The van der Waals surface area contributed by atoms with Gasteiger partial charge in [-0.2, -0.15) is 0 Å². The quantitative estimate of drug-likeness (QED) is 0.316. The van der Waals surface area contributed by atoms with Gasteiger partial charge in [-0.1, -0.05) is 18.2 Å². The molecule has 0 saturated heterocycles. The number of hydrogen-bond donors (Lipinski definition) is 4. The Kier molecular flexibility index (Phi) is 4.62. The highest BCUT2D eigenvalue weighted by Crippen LogP contribution is 2.26. The molecule has 4 rings (SSSR count). The van der Waals surface area contributed by atoms with Crippen LogP contribution in [0.25, 0.3) is 21.0 Å². The topological polar surface area (TPSA) is 94.2 Å². The van der Waals surface area contributed by atoms with Gasteiger partial charge >= 0.3 is 0 Å². The number of para-hydroxylation sites is 1. The predicted octanol–water partition coefficient (Wildman–Crippen LogP) is 3.47. The van der Waals surface area contributed by atoms with Crippen LogP contribution in [0, 0.1) is 0 Å². The maximum absolute atomic E-state index is 12.4. The molecule has 2 heterocycles. The van der Waals surface area contributed by atoms with Crippen molar-refractivity contribution in [3.8, 4) is 0 Å². The Morgan fingerprint density at radius 2 is 1.93 bits per heavy atom. The molecule has 136 valence electrons. The third kappa shape index (κ3) is 3.42. The number of aromatic amines is 1. The molecule has 2 aromatic heterocycles. The van der Waals surface area contributed by atoms with E-state index in [0.29, 0.717) is 17.0 Å². The SMILES string of the molecule is O=C(NCCc1c[nH]c2ccccc12)c1ccc2sc(C(=O)NO)cc2c1. The van der Waals surface area contributed by atoms with Crippen LogP contribution in [-0.2, 0) is 6.42 Å². The van der Waals surface area contributed by atoms with Crippen LogP contribution in [0.1, 0.15) is 25.6 Å². The van der Waals surface area contributed by atoms with Crippen molar-refractivity contribution in [3.05, 3.63) is 70.7 Å². The number of hydroxylamine groups is 1. The van der Waals surface area contributed by atoms with Crippen LogP contribution in [0.3, 0.4) is 0 Å². The Bertz CT molecular complexity index is 1150. The first-order chi connectivity index (χ1) is 13.2. The molecule has 0 bridgehead atoms. The maximum atomic E-state index is 12.4. The number of nitrogens with one attached hydrogen (secondary N) is 3. The molecular weight excluding hydrogens is 362 g/mol. The van der Waals surface area contributed by atoms with E-state index < -0.39 is 5.91 Å². The molecule has 0 aliphatic carbocycles. The summed E-state index contributed by atoms with van der Waals surface area (Å²) in [5, 5.41) is 13.6. The van der Waals surface area contributed by atoms with Gasteiger partial charge in [0.15, 0.2) is 0 Å². The van der Waals surface area contributed by atoms with Crippen LogP contribution < -0.4 is 10.8 Å². The second-order valence-corrected chi connectivity index (χ2v) is 7.25. The number of aromatic nitrogens is 1. The van der Waals surface area contributed by atoms with E-state index in [2.05, 4.69) is 16.4 Å². The average Bonchev–Trinajstić information content (AvgIpc) is 3.31. The van der Waals surface area contributed by atoms with E-state index in [1.807, 2.05) is 30.5 Å². The Labute approximate surface area is 158 Å². The average molecular weight is 379 g/mol. The second-order valence-electron chi connectivity index (χ2n) is 6.17. The fourth-order valence-corrected chi connectivity index (χ4v) is 4.04. The summed E-state index contributed by atoms with van der Waals surface area (Å²) in [5.41, 5.74) is 4.41. The van der Waals surface area contributed by atoms with E-state index >= 15 is 0 Å². The lowest BCUT2D eigenvalue weighted by Gasteiger charge is -2.05. The summed E-state index contributed by atoms with van der Waals surface area (Å²) in [6.45, 7) is 0.528. The summed E-state index contributed by atoms with van der Waals surface area (Å²) >= 11 is 1.26. The van der Waals surface area contributed by atoms with Gasteiger partial charge in [0.05, 0.1) is 4.88 Å². The molecule has 0 spiro atoms. The van der Waals surface area contributed by atoms with E-state index in [-0.39, 0.29) is 5.91 Å². The molecule has 4 aromatic rings. The minimum Gasteiger partial charge on any atom is -0.361 e. The normalized spacial score (nSPS) is 11.0. The monoisotopic (exact) mass is 379 g/mol. The summed E-state index contributed by atoms with van der Waals surface area (Å²) in [6.07, 6.45) is 2.71. The van der Waals surface area contributed by atoms with E-state index in [1.54, 1.807) is 23.7 Å². The summed E-state index contributed by atoms with van der Waals surface area (Å²) < 4.78 is 0.879. The molecule has 4 N–H and O–H groups in total. The smallest absolute Gasteiger partial charge is 0.284 e. The first-order valence-electron chi connectivity index (χ1n) is 8.47. The maximum Gasteiger partial charge on any atom is 0.284 e. The number of amides is 2. The van der Waals surface area contributed by atoms with Crippen LogP contribution in [0.5, 0.6) is 0 Å². The Morgan fingerprint density at radius 3 is 2.78 bits per heavy atom. The van der Waals surface area contributed by atoms with Crippen molar-refractivity contribution < 1.29 is 14.8 Å². The van der Waals surface area contributed by atoms with Crippen LogP contribution in [0.15, 0.2) is 54.7 Å². The zero-order valence-electron chi connectivity index (χ0n) is 14.3. The number of hydrogen-bond acceptors (Lipinski definition) is 4. The van der Waals surface area contributed by atoms with Crippen LogP contribution >= 0.6 is 11.3 Å². The van der Waals surface area contributed by atoms with Gasteiger partial charge in [-0.15, -0.1) is 11.3 Å². The molecule has 27 heavy (non-hydrogen) atoms. The fraction of sp³-hybridized carbons (Fsp3) is 0.100. The first-order valence-corrected chi connectivity index (χ1v) is 9.28. The van der Waals surface area contributed by atoms with Gasteiger partial charge < -0.3 is 10.3 Å². The molecule has 0 atom stereocenters. The molecular formula is C20H17N3O3S. The summed E-state index contributed by atoms with van der Waals surface area (Å²) in [5.74, 6) is -0.711. The number of thiophene rings is 1. The Hall–Kier alpha value is -3.16. The van der Waals surface area contributed by atoms with Gasteiger partial charge in [0.2, 0.25) is 0 Å². The molecule has 0 unspecified atom stereocenters. The number of rotatable bonds is 5. The highest BCUT2D eigenvalue weighted by Gasteiger charge is 2.12. The van der Waals surface area contributed by atoms with Gasteiger partial charge in [-0.25, -0.2) is 5.48 Å². The summed E-state index contributed by atoms with van der Waals surface area (Å²) in [4.78, 5) is 27.6. The predicted molar refractivity (Wildman–Crippen MR) is 105 cm³/mol. The van der Waals surface area contributed by atoms with E-state index in [9.17, 15) is 9.59 Å². The molecule has 0 aliphatic rings. The lowest BCUT2D eigenvalue weighted by Crippen LogP contribution is -2.25. The van der Waals surface area contributed by atoms with Gasteiger partial charge in [0.25, 0.3) is 11.8 Å². The minimum atomic E-state index is -0.555. The molecule has 0 fully saturated rings. The Morgan fingerprint density at radius 1 is 1.07 bits per heavy atom. The summed E-state index contributed by atoms with van der Waals surface area (Å²) in [7, 11) is 0. The van der Waals surface area contributed by atoms with Crippen molar-refractivity contribution in [2.45, 2.75) is 6.42 Å². The van der Waals surface area contributed by atoms with Crippen molar-refractivity contribution in [2.24, 2.45) is 0 Å². The zero-order chi connectivity index (χ0) is 18.8. The van der Waals surface area contributed by atoms with Crippen molar-refractivity contribution >= 4 is 44.1 Å². The molecule has 2 aromatic carbocycles. The second kappa shape index (κ2) is 7.22. The van der Waals surface area contributed by atoms with E-state index in [4.69, 9.17) is 5.21 Å². The van der Waals surface area contributed by atoms with Crippen LogP contribution in [0.2, 0.25) is 0 Å². The Balaban J connectivity index is 1.44. The third-order valence-electron chi connectivity index (χ3n) is 4.46. The third-order valence-corrected chi connectivity index (χ3v) is 5.57. The zero-order valence-corrected chi connectivity index (χ0v) is 15.1. The molecule has 2 amide bonds. The van der Waals surface area contributed by atoms with Crippen LogP contribution in [-0.4, -0.2) is 28.6 Å². The van der Waals surface area contributed by atoms with E-state index in [0.717, 1.165) is 22.0 Å². The molecule has 7 heteroatoms. The fourth-order valence-electron chi connectivity index (χ4n) is 3.10. The standard InChI is InChI=1S/C20H17N3O3S/c24-19(21-8-7-13-11-22-16-4-2-1-3-15(13)16)12-5-6-17-14(9-12)10-18(27-17)20(25)23-26/h1-6,9-11,22,26H,7-8H2,(H,21,24)(H,23,25). The van der Waals surface area contributed by atoms with Gasteiger partial charge in [0.1, 0.15) is 0 Å². The molecule has 6 nitrogen and oxygen atoms in total. The van der Waals surface area contributed by atoms with Crippen molar-refractivity contribution in [1.29, 1.82) is 0 Å². The number of benzene rings is 2. The lowest BCUT2D eigenvalue weighted by atomic mass is 10.1. The van der Waals surface area contributed by atoms with Crippen molar-refractivity contribution in [2.75, 3.05) is 6.54 Å². The van der Waals surface area contributed by atoms with Crippen molar-refractivity contribution in [3.63, 3.8) is 0 Å². The molecule has 0 radical (unpaired) electrons. The largest absolute Gasteiger partial charge is 0.361 e. The minimum absolute atomic E-state index is 0.156. The number of carbonyl (C=O) groups is 2. The van der Waals surface area contributed by atoms with E-state index in [1.165, 1.54) is 22.3 Å². The lowest BCUT2D eigenvalue weighted by molar-refractivity contribution is 0.0711. The van der Waals surface area contributed by atoms with Gasteiger partial charge in [-0.3, -0.25) is 14.8 Å². The first kappa shape index (κ1) is 17.3. The summed E-state index contributed by atoms with van der Waals surface area (Å²) in [6, 6.07) is 15.0.